The van der Waals surface area contributed by atoms with Crippen molar-refractivity contribution in [1.82, 2.24) is 9.97 Å². The Hall–Kier alpha value is -3.77. The van der Waals surface area contributed by atoms with Crippen LogP contribution in [-0.2, 0) is 14.3 Å². The Kier molecular flexibility index (Phi) is 7.83. The molecular weight excluding hydrogens is 428 g/mol. The van der Waals surface area contributed by atoms with Crippen molar-refractivity contribution in [3.05, 3.63) is 90.0 Å². The van der Waals surface area contributed by atoms with Crippen molar-refractivity contribution >= 4 is 16.9 Å². The largest absolute Gasteiger partial charge is 0.477 e. The number of esters is 1. The summed E-state index contributed by atoms with van der Waals surface area (Å²) in [6, 6.07) is 25.3. The summed E-state index contributed by atoms with van der Waals surface area (Å²) in [5.74, 6) is 0.819. The number of hydrogen-bond acceptors (Lipinski definition) is 6. The molecule has 0 N–H and O–H groups in total. The van der Waals surface area contributed by atoms with E-state index in [1.807, 2.05) is 85.8 Å². The molecule has 0 fully saturated rings. The number of nitrogens with zero attached hydrogens (tertiary/aromatic N) is 2. The van der Waals surface area contributed by atoms with Gasteiger partial charge in [-0.3, -0.25) is 0 Å². The maximum absolute atomic E-state index is 12.1. The molecule has 3 aromatic carbocycles. The zero-order valence-electron chi connectivity index (χ0n) is 19.4. The summed E-state index contributed by atoms with van der Waals surface area (Å²) in [4.78, 5) is 21.6. The second-order valence-electron chi connectivity index (χ2n) is 7.92. The van der Waals surface area contributed by atoms with Gasteiger partial charge in [0, 0.05) is 12.2 Å². The average Bonchev–Trinajstić information content (AvgIpc) is 2.88. The minimum Gasteiger partial charge on any atom is -0.477 e. The van der Waals surface area contributed by atoms with E-state index in [0.29, 0.717) is 24.9 Å². The van der Waals surface area contributed by atoms with Crippen LogP contribution in [0.25, 0.3) is 22.3 Å². The van der Waals surface area contributed by atoms with Crippen LogP contribution in [0.3, 0.4) is 0 Å². The van der Waals surface area contributed by atoms with Gasteiger partial charge in [0.1, 0.15) is 0 Å². The number of unbranched alkanes of at least 4 members (excludes halogenated alkanes) is 1. The Bertz CT molecular complexity index is 1240. The van der Waals surface area contributed by atoms with Crippen molar-refractivity contribution < 1.29 is 19.0 Å². The molecule has 0 aliphatic rings. The van der Waals surface area contributed by atoms with Gasteiger partial charge in [0.05, 0.1) is 24.6 Å². The quantitative estimate of drug-likeness (QED) is 0.225. The van der Waals surface area contributed by atoms with Crippen molar-refractivity contribution in [1.29, 1.82) is 0 Å². The molecule has 0 bridgehead atoms. The Labute approximate surface area is 199 Å². The number of ether oxygens (including phenoxy) is 3. The fourth-order valence-corrected chi connectivity index (χ4v) is 3.71. The summed E-state index contributed by atoms with van der Waals surface area (Å²) < 4.78 is 16.8. The van der Waals surface area contributed by atoms with Crippen LogP contribution in [0.15, 0.2) is 78.9 Å². The molecule has 1 unspecified atom stereocenters. The maximum atomic E-state index is 12.1. The van der Waals surface area contributed by atoms with Crippen LogP contribution < -0.4 is 4.74 Å². The van der Waals surface area contributed by atoms with Crippen molar-refractivity contribution in [2.24, 2.45) is 0 Å². The lowest BCUT2D eigenvalue weighted by Crippen LogP contribution is -2.18. The Balaban J connectivity index is 1.38. The SMILES string of the molecule is COC(=O)C(OCCCCOc1nc(-c2ccccc2C)nc2ccccc12)c1ccccc1. The molecule has 6 heteroatoms. The molecule has 1 aromatic heterocycles. The van der Waals surface area contributed by atoms with E-state index in [2.05, 4.69) is 0 Å². The van der Waals surface area contributed by atoms with Crippen molar-refractivity contribution in [3.8, 4) is 17.3 Å². The monoisotopic (exact) mass is 456 g/mol. The van der Waals surface area contributed by atoms with Gasteiger partial charge in [0.15, 0.2) is 11.9 Å². The first-order valence-electron chi connectivity index (χ1n) is 11.4. The molecule has 0 saturated heterocycles. The van der Waals surface area contributed by atoms with Crippen LogP contribution in [0.1, 0.15) is 30.1 Å². The fourth-order valence-electron chi connectivity index (χ4n) is 3.71. The molecule has 34 heavy (non-hydrogen) atoms. The Morgan fingerprint density at radius 1 is 0.853 bits per heavy atom. The van der Waals surface area contributed by atoms with Gasteiger partial charge >= 0.3 is 5.97 Å². The topological polar surface area (TPSA) is 70.5 Å². The highest BCUT2D eigenvalue weighted by Crippen LogP contribution is 2.28. The van der Waals surface area contributed by atoms with E-state index in [0.717, 1.165) is 40.4 Å². The number of aromatic nitrogens is 2. The Morgan fingerprint density at radius 2 is 1.56 bits per heavy atom. The summed E-state index contributed by atoms with van der Waals surface area (Å²) in [5, 5.41) is 0.880. The van der Waals surface area contributed by atoms with Gasteiger partial charge in [0.25, 0.3) is 0 Å². The molecular formula is C28H28N2O4. The predicted molar refractivity (Wildman–Crippen MR) is 132 cm³/mol. The second kappa shape index (κ2) is 11.4. The van der Waals surface area contributed by atoms with Gasteiger partial charge in [-0.1, -0.05) is 66.7 Å². The van der Waals surface area contributed by atoms with Gasteiger partial charge in [-0.15, -0.1) is 0 Å². The number of carbonyl (C=O) groups is 1. The highest BCUT2D eigenvalue weighted by Gasteiger charge is 2.21. The minimum atomic E-state index is -0.727. The lowest BCUT2D eigenvalue weighted by Gasteiger charge is -2.16. The predicted octanol–water partition coefficient (Wildman–Crippen LogP) is 5.70. The van der Waals surface area contributed by atoms with Gasteiger partial charge < -0.3 is 14.2 Å². The lowest BCUT2D eigenvalue weighted by molar-refractivity contribution is -0.154. The number of fused-ring (bicyclic) bond motifs is 1. The maximum Gasteiger partial charge on any atom is 0.339 e. The standard InChI is InChI=1S/C28H28N2O4/c1-20-12-6-7-15-22(20)26-29-24-17-9-8-16-23(24)27(30-26)34-19-11-10-18-33-25(28(31)32-2)21-13-4-3-5-14-21/h3-9,12-17,25H,10-11,18-19H2,1-2H3. The van der Waals surface area contributed by atoms with Crippen LogP contribution in [0.4, 0.5) is 0 Å². The summed E-state index contributed by atoms with van der Waals surface area (Å²) in [6.45, 7) is 2.94. The molecule has 0 radical (unpaired) electrons. The Morgan fingerprint density at radius 3 is 2.35 bits per heavy atom. The van der Waals surface area contributed by atoms with E-state index < -0.39 is 12.1 Å². The molecule has 0 aliphatic heterocycles. The number of para-hydroxylation sites is 1. The molecule has 1 atom stereocenters. The van der Waals surface area contributed by atoms with E-state index in [9.17, 15) is 4.79 Å². The van der Waals surface area contributed by atoms with E-state index in [-0.39, 0.29) is 0 Å². The van der Waals surface area contributed by atoms with Gasteiger partial charge in [-0.05, 0) is 43.0 Å². The van der Waals surface area contributed by atoms with E-state index in [4.69, 9.17) is 24.2 Å². The number of carbonyl (C=O) groups excluding carboxylic acids is 1. The molecule has 6 nitrogen and oxygen atoms in total. The summed E-state index contributed by atoms with van der Waals surface area (Å²) in [7, 11) is 1.37. The van der Waals surface area contributed by atoms with Crippen LogP contribution in [-0.4, -0.2) is 36.3 Å². The number of benzene rings is 3. The summed E-state index contributed by atoms with van der Waals surface area (Å²) in [5.41, 5.74) is 3.72. The zero-order chi connectivity index (χ0) is 23.8. The van der Waals surface area contributed by atoms with Crippen LogP contribution in [0, 0.1) is 6.92 Å². The van der Waals surface area contributed by atoms with Crippen molar-refractivity contribution in [2.75, 3.05) is 20.3 Å². The second-order valence-corrected chi connectivity index (χ2v) is 7.92. The number of aryl methyl sites for hydroxylation is 1. The molecule has 1 heterocycles. The molecule has 0 amide bonds. The number of methoxy groups -OCH3 is 1. The van der Waals surface area contributed by atoms with Gasteiger partial charge in [-0.25, -0.2) is 9.78 Å². The third kappa shape index (κ3) is 5.58. The molecule has 4 aromatic rings. The minimum absolute atomic E-state index is 0.404. The fraction of sp³-hybridized carbons (Fsp3) is 0.250. The van der Waals surface area contributed by atoms with Crippen LogP contribution in [0.2, 0.25) is 0 Å². The third-order valence-corrected chi connectivity index (χ3v) is 5.53. The highest BCUT2D eigenvalue weighted by molar-refractivity contribution is 5.85. The molecule has 174 valence electrons. The highest BCUT2D eigenvalue weighted by atomic mass is 16.6. The first kappa shape index (κ1) is 23.4. The number of hydrogen-bond donors (Lipinski definition) is 0. The van der Waals surface area contributed by atoms with E-state index in [1.54, 1.807) is 0 Å². The first-order chi connectivity index (χ1) is 16.7. The van der Waals surface area contributed by atoms with Crippen molar-refractivity contribution in [3.63, 3.8) is 0 Å². The molecule has 4 rings (SSSR count). The third-order valence-electron chi connectivity index (χ3n) is 5.53. The normalized spacial score (nSPS) is 11.8. The van der Waals surface area contributed by atoms with Gasteiger partial charge in [-0.2, -0.15) is 4.98 Å². The number of rotatable bonds is 10. The smallest absolute Gasteiger partial charge is 0.339 e. The lowest BCUT2D eigenvalue weighted by atomic mass is 10.1. The summed E-state index contributed by atoms with van der Waals surface area (Å²) in [6.07, 6.45) is 0.754. The van der Waals surface area contributed by atoms with Gasteiger partial charge in [0.2, 0.25) is 5.88 Å². The molecule has 0 spiro atoms. The average molecular weight is 457 g/mol. The zero-order valence-corrected chi connectivity index (χ0v) is 19.4. The van der Waals surface area contributed by atoms with Crippen LogP contribution >= 0.6 is 0 Å². The van der Waals surface area contributed by atoms with E-state index in [1.165, 1.54) is 7.11 Å². The summed E-state index contributed by atoms with van der Waals surface area (Å²) >= 11 is 0. The van der Waals surface area contributed by atoms with E-state index >= 15 is 0 Å². The molecule has 0 aliphatic carbocycles. The van der Waals surface area contributed by atoms with Crippen molar-refractivity contribution in [2.45, 2.75) is 25.9 Å². The van der Waals surface area contributed by atoms with Crippen LogP contribution in [0.5, 0.6) is 5.88 Å². The first-order valence-corrected chi connectivity index (χ1v) is 11.4. The molecule has 0 saturated carbocycles.